The molecule has 0 radical (unpaired) electrons. The smallest absolute Gasteiger partial charge is 0.307 e. The highest BCUT2D eigenvalue weighted by molar-refractivity contribution is 8.26. The number of thioether (sulfide) groups is 1. The number of benzene rings is 1. The van der Waals surface area contributed by atoms with E-state index in [1.807, 2.05) is 35.0 Å². The lowest BCUT2D eigenvalue weighted by Crippen LogP contribution is -2.23. The topological polar surface area (TPSA) is 68.6 Å². The molecule has 2 aromatic rings. The SMILES string of the molecule is COC(=O)CCn1ccc2c(C3C(=O)SC(=O)N3C)cccc21. The number of carbonyl (C=O) groups is 3. The Bertz CT molecular complexity index is 798. The Morgan fingerprint density at radius 2 is 2.09 bits per heavy atom. The zero-order valence-electron chi connectivity index (χ0n) is 12.8. The third-order valence-electron chi connectivity index (χ3n) is 4.01. The van der Waals surface area contributed by atoms with Gasteiger partial charge in [-0.05, 0) is 17.7 Å². The molecule has 1 aliphatic heterocycles. The second-order valence-corrected chi connectivity index (χ2v) is 6.27. The van der Waals surface area contributed by atoms with Crippen LogP contribution in [0.3, 0.4) is 0 Å². The molecule has 1 fully saturated rings. The highest BCUT2D eigenvalue weighted by atomic mass is 32.2. The number of likely N-dealkylation sites (N-methyl/N-ethyl adjacent to an activating group) is 1. The number of methoxy groups -OCH3 is 1. The molecule has 0 saturated carbocycles. The molecule has 1 aliphatic rings. The fraction of sp³-hybridized carbons (Fsp3) is 0.312. The summed E-state index contributed by atoms with van der Waals surface area (Å²) < 4.78 is 6.61. The predicted octanol–water partition coefficient (Wildman–Crippen LogP) is 2.57. The summed E-state index contributed by atoms with van der Waals surface area (Å²) in [6.45, 7) is 0.502. The van der Waals surface area contributed by atoms with E-state index >= 15 is 0 Å². The first-order valence-electron chi connectivity index (χ1n) is 7.16. The van der Waals surface area contributed by atoms with Crippen LogP contribution in [0.25, 0.3) is 10.9 Å². The van der Waals surface area contributed by atoms with Crippen molar-refractivity contribution in [3.63, 3.8) is 0 Å². The molecule has 1 aromatic carbocycles. The van der Waals surface area contributed by atoms with Crippen LogP contribution in [-0.4, -0.2) is 39.9 Å². The molecule has 0 aliphatic carbocycles. The number of aromatic nitrogens is 1. The van der Waals surface area contributed by atoms with Crippen molar-refractivity contribution in [3.8, 4) is 0 Å². The number of hydrogen-bond acceptors (Lipinski definition) is 5. The molecule has 1 aromatic heterocycles. The predicted molar refractivity (Wildman–Crippen MR) is 87.1 cm³/mol. The molecule has 1 amide bonds. The van der Waals surface area contributed by atoms with E-state index in [9.17, 15) is 14.4 Å². The van der Waals surface area contributed by atoms with E-state index in [2.05, 4.69) is 4.74 Å². The molecule has 3 rings (SSSR count). The summed E-state index contributed by atoms with van der Waals surface area (Å²) in [5.74, 6) is -0.268. The monoisotopic (exact) mass is 332 g/mol. The van der Waals surface area contributed by atoms with Gasteiger partial charge in [-0.25, -0.2) is 0 Å². The average molecular weight is 332 g/mol. The lowest BCUT2D eigenvalue weighted by Gasteiger charge is -2.18. The minimum atomic E-state index is -0.562. The van der Waals surface area contributed by atoms with Gasteiger partial charge < -0.3 is 14.2 Å². The fourth-order valence-corrected chi connectivity index (χ4v) is 3.63. The van der Waals surface area contributed by atoms with Crippen LogP contribution in [0.5, 0.6) is 0 Å². The molecular weight excluding hydrogens is 316 g/mol. The number of nitrogens with zero attached hydrogens (tertiary/aromatic N) is 2. The van der Waals surface area contributed by atoms with Crippen LogP contribution in [0.2, 0.25) is 0 Å². The van der Waals surface area contributed by atoms with Crippen LogP contribution in [0, 0.1) is 0 Å². The van der Waals surface area contributed by atoms with Crippen LogP contribution < -0.4 is 0 Å². The highest BCUT2D eigenvalue weighted by Crippen LogP contribution is 2.38. The number of esters is 1. The van der Waals surface area contributed by atoms with Crippen molar-refractivity contribution in [1.82, 2.24) is 9.47 Å². The van der Waals surface area contributed by atoms with Gasteiger partial charge in [0.25, 0.3) is 5.24 Å². The quantitative estimate of drug-likeness (QED) is 0.805. The number of hydrogen-bond donors (Lipinski definition) is 0. The Morgan fingerprint density at radius 3 is 2.74 bits per heavy atom. The molecule has 7 heteroatoms. The van der Waals surface area contributed by atoms with Gasteiger partial charge in [0.1, 0.15) is 6.04 Å². The van der Waals surface area contributed by atoms with Crippen LogP contribution in [0.4, 0.5) is 4.79 Å². The Kier molecular flexibility index (Phi) is 4.12. The normalized spacial score (nSPS) is 18.0. The third-order valence-corrected chi connectivity index (χ3v) is 4.90. The molecule has 1 unspecified atom stereocenters. The Balaban J connectivity index is 1.97. The second kappa shape index (κ2) is 6.08. The zero-order chi connectivity index (χ0) is 16.6. The maximum absolute atomic E-state index is 12.1. The molecule has 0 bridgehead atoms. The maximum Gasteiger partial charge on any atom is 0.307 e. The summed E-state index contributed by atoms with van der Waals surface area (Å²) in [7, 11) is 3.00. The molecule has 2 heterocycles. The van der Waals surface area contributed by atoms with E-state index in [4.69, 9.17) is 0 Å². The fourth-order valence-electron chi connectivity index (χ4n) is 2.81. The van der Waals surface area contributed by atoms with Crippen LogP contribution in [0.1, 0.15) is 18.0 Å². The van der Waals surface area contributed by atoms with Crippen molar-refractivity contribution in [2.24, 2.45) is 0 Å². The van der Waals surface area contributed by atoms with Crippen molar-refractivity contribution in [3.05, 3.63) is 36.0 Å². The number of ether oxygens (including phenoxy) is 1. The lowest BCUT2D eigenvalue weighted by molar-refractivity contribution is -0.140. The maximum atomic E-state index is 12.1. The van der Waals surface area contributed by atoms with Gasteiger partial charge >= 0.3 is 5.97 Å². The van der Waals surface area contributed by atoms with Crippen molar-refractivity contribution in [2.45, 2.75) is 19.0 Å². The summed E-state index contributed by atoms with van der Waals surface area (Å²) in [6.07, 6.45) is 2.16. The largest absolute Gasteiger partial charge is 0.469 e. The van der Waals surface area contributed by atoms with Crippen molar-refractivity contribution in [1.29, 1.82) is 0 Å². The molecule has 120 valence electrons. The van der Waals surface area contributed by atoms with Gasteiger partial charge in [-0.1, -0.05) is 12.1 Å². The van der Waals surface area contributed by atoms with E-state index in [0.29, 0.717) is 6.54 Å². The first-order chi connectivity index (χ1) is 11.0. The van der Waals surface area contributed by atoms with Crippen LogP contribution in [-0.2, 0) is 20.9 Å². The first kappa shape index (κ1) is 15.6. The summed E-state index contributed by atoms with van der Waals surface area (Å²) in [5.41, 5.74) is 1.74. The summed E-state index contributed by atoms with van der Waals surface area (Å²) >= 11 is 0.744. The zero-order valence-corrected chi connectivity index (χ0v) is 13.6. The van der Waals surface area contributed by atoms with E-state index < -0.39 is 6.04 Å². The van der Waals surface area contributed by atoms with Crippen molar-refractivity contribution in [2.75, 3.05) is 14.2 Å². The summed E-state index contributed by atoms with van der Waals surface area (Å²) in [6, 6.07) is 7.01. The Hall–Kier alpha value is -2.28. The lowest BCUT2D eigenvalue weighted by atomic mass is 10.0. The number of aryl methyl sites for hydroxylation is 1. The van der Waals surface area contributed by atoms with Crippen molar-refractivity contribution < 1.29 is 19.1 Å². The number of fused-ring (bicyclic) bond motifs is 1. The van der Waals surface area contributed by atoms with Gasteiger partial charge in [-0.3, -0.25) is 14.4 Å². The number of amides is 1. The summed E-state index contributed by atoms with van der Waals surface area (Å²) in [5, 5.41) is 0.521. The molecular formula is C16H16N2O4S. The molecule has 0 spiro atoms. The van der Waals surface area contributed by atoms with E-state index in [0.717, 1.165) is 28.2 Å². The minimum Gasteiger partial charge on any atom is -0.469 e. The van der Waals surface area contributed by atoms with E-state index in [1.165, 1.54) is 12.0 Å². The van der Waals surface area contributed by atoms with Gasteiger partial charge in [0, 0.05) is 42.5 Å². The number of carbonyl (C=O) groups excluding carboxylic acids is 3. The molecule has 1 saturated heterocycles. The molecule has 1 atom stereocenters. The van der Waals surface area contributed by atoms with Crippen molar-refractivity contribution >= 4 is 39.0 Å². The molecule has 6 nitrogen and oxygen atoms in total. The van der Waals surface area contributed by atoms with Gasteiger partial charge in [0.05, 0.1) is 13.5 Å². The Morgan fingerprint density at radius 1 is 1.30 bits per heavy atom. The Labute approximate surface area is 137 Å². The highest BCUT2D eigenvalue weighted by Gasteiger charge is 2.39. The van der Waals surface area contributed by atoms with Gasteiger partial charge in [0.2, 0.25) is 5.12 Å². The molecule has 23 heavy (non-hydrogen) atoms. The van der Waals surface area contributed by atoms with Gasteiger partial charge in [0.15, 0.2) is 0 Å². The average Bonchev–Trinajstić information content (AvgIpc) is 3.06. The van der Waals surface area contributed by atoms with E-state index in [-0.39, 0.29) is 22.7 Å². The summed E-state index contributed by atoms with van der Waals surface area (Å²) in [4.78, 5) is 36.6. The van der Waals surface area contributed by atoms with Crippen LogP contribution >= 0.6 is 11.8 Å². The number of rotatable bonds is 4. The molecule has 0 N–H and O–H groups in total. The first-order valence-corrected chi connectivity index (χ1v) is 7.97. The van der Waals surface area contributed by atoms with E-state index in [1.54, 1.807) is 7.05 Å². The standard InChI is InChI=1S/C16H16N2O4S/c1-17-14(15(20)23-16(17)21)11-4-3-5-12-10(11)6-8-18(12)9-7-13(19)22-2/h3-6,8,14H,7,9H2,1-2H3. The van der Waals surface area contributed by atoms with Gasteiger partial charge in [-0.15, -0.1) is 0 Å². The third kappa shape index (κ3) is 2.72. The minimum absolute atomic E-state index is 0.160. The second-order valence-electron chi connectivity index (χ2n) is 5.32. The van der Waals surface area contributed by atoms with Gasteiger partial charge in [-0.2, -0.15) is 0 Å². The van der Waals surface area contributed by atoms with Crippen LogP contribution in [0.15, 0.2) is 30.5 Å².